The van der Waals surface area contributed by atoms with E-state index in [-0.39, 0.29) is 0 Å². The van der Waals surface area contributed by atoms with Gasteiger partial charge in [0.05, 0.1) is 6.10 Å². The number of aryl methyl sites for hydroxylation is 1. The van der Waals surface area contributed by atoms with E-state index >= 15 is 0 Å². The van der Waals surface area contributed by atoms with Gasteiger partial charge in [0.25, 0.3) is 0 Å². The van der Waals surface area contributed by atoms with Crippen molar-refractivity contribution in [2.45, 2.75) is 31.9 Å². The molecule has 2 atom stereocenters. The predicted molar refractivity (Wildman–Crippen MR) is 79.5 cm³/mol. The molecule has 19 heavy (non-hydrogen) atoms. The molecule has 1 fully saturated rings. The van der Waals surface area contributed by atoms with Crippen LogP contribution in [0.1, 0.15) is 30.0 Å². The van der Waals surface area contributed by atoms with Crippen molar-refractivity contribution in [1.29, 1.82) is 0 Å². The summed E-state index contributed by atoms with van der Waals surface area (Å²) in [6.07, 6.45) is 2.84. The fourth-order valence-corrected chi connectivity index (χ4v) is 2.95. The van der Waals surface area contributed by atoms with Gasteiger partial charge in [0.1, 0.15) is 0 Å². The topological polar surface area (TPSA) is 24.5 Å². The van der Waals surface area contributed by atoms with Crippen molar-refractivity contribution in [3.05, 3.63) is 35.4 Å². The molecule has 0 spiro atoms. The van der Waals surface area contributed by atoms with E-state index in [0.29, 0.717) is 12.1 Å². The molecule has 1 aliphatic rings. The van der Waals surface area contributed by atoms with Gasteiger partial charge in [0.15, 0.2) is 0 Å². The smallest absolute Gasteiger partial charge is 0.0698 e. The maximum atomic E-state index is 5.50. The number of likely N-dealkylation sites (tertiary alicyclic amines) is 1. The average molecular weight is 262 g/mol. The second-order valence-electron chi connectivity index (χ2n) is 5.46. The number of benzene rings is 1. The third-order valence-corrected chi connectivity index (χ3v) is 4.15. The van der Waals surface area contributed by atoms with Crippen LogP contribution in [0.15, 0.2) is 24.3 Å². The van der Waals surface area contributed by atoms with Gasteiger partial charge in [-0.1, -0.05) is 24.3 Å². The number of ether oxygens (including phenoxy) is 1. The SMILES string of the molecule is CNC(CN1CCCC(OC)C1)c1ccccc1C. The standard InChI is InChI=1S/C16H26N2O/c1-13-7-4-5-9-15(13)16(17-2)12-18-10-6-8-14(11-18)19-3/h4-5,7,9,14,16-17H,6,8,10-12H2,1-3H3. The number of methoxy groups -OCH3 is 1. The second-order valence-corrected chi connectivity index (χ2v) is 5.46. The fourth-order valence-electron chi connectivity index (χ4n) is 2.95. The van der Waals surface area contributed by atoms with Gasteiger partial charge in [-0.25, -0.2) is 0 Å². The van der Waals surface area contributed by atoms with E-state index in [4.69, 9.17) is 4.74 Å². The van der Waals surface area contributed by atoms with Crippen LogP contribution in [-0.2, 0) is 4.74 Å². The van der Waals surface area contributed by atoms with Gasteiger partial charge in [-0.3, -0.25) is 4.90 Å². The minimum Gasteiger partial charge on any atom is -0.380 e. The molecule has 1 aromatic carbocycles. The molecule has 0 aromatic heterocycles. The summed E-state index contributed by atoms with van der Waals surface area (Å²) in [5.41, 5.74) is 2.77. The molecule has 3 heteroatoms. The van der Waals surface area contributed by atoms with Crippen molar-refractivity contribution >= 4 is 0 Å². The molecule has 0 saturated carbocycles. The third-order valence-electron chi connectivity index (χ3n) is 4.15. The van der Waals surface area contributed by atoms with Gasteiger partial charge in [0, 0.05) is 26.2 Å². The first-order valence-corrected chi connectivity index (χ1v) is 7.22. The molecule has 0 amide bonds. The van der Waals surface area contributed by atoms with Crippen LogP contribution in [0.5, 0.6) is 0 Å². The van der Waals surface area contributed by atoms with Crippen molar-refractivity contribution < 1.29 is 4.74 Å². The number of nitrogens with one attached hydrogen (secondary N) is 1. The minimum absolute atomic E-state index is 0.400. The average Bonchev–Trinajstić information content (AvgIpc) is 2.46. The Balaban J connectivity index is 2.01. The quantitative estimate of drug-likeness (QED) is 0.881. The molecule has 1 aliphatic heterocycles. The lowest BCUT2D eigenvalue weighted by Crippen LogP contribution is -2.43. The molecule has 2 rings (SSSR count). The zero-order valence-electron chi connectivity index (χ0n) is 12.4. The summed E-state index contributed by atoms with van der Waals surface area (Å²) in [5, 5.41) is 3.46. The molecule has 0 aliphatic carbocycles. The highest BCUT2D eigenvalue weighted by Gasteiger charge is 2.22. The Morgan fingerprint density at radius 1 is 1.42 bits per heavy atom. The molecular formula is C16H26N2O. The van der Waals surface area contributed by atoms with Gasteiger partial charge < -0.3 is 10.1 Å². The summed E-state index contributed by atoms with van der Waals surface area (Å²) in [6, 6.07) is 9.05. The van der Waals surface area contributed by atoms with E-state index in [9.17, 15) is 0 Å². The molecule has 1 saturated heterocycles. The van der Waals surface area contributed by atoms with Crippen LogP contribution >= 0.6 is 0 Å². The number of piperidine rings is 1. The first-order chi connectivity index (χ1) is 9.24. The Hall–Kier alpha value is -0.900. The second kappa shape index (κ2) is 7.04. The van der Waals surface area contributed by atoms with Crippen LogP contribution in [0.25, 0.3) is 0 Å². The predicted octanol–water partition coefficient (Wildman–Crippen LogP) is 2.37. The van der Waals surface area contributed by atoms with E-state index in [1.54, 1.807) is 0 Å². The maximum Gasteiger partial charge on any atom is 0.0698 e. The highest BCUT2D eigenvalue weighted by molar-refractivity contribution is 5.29. The Kier molecular flexibility index (Phi) is 5.37. The summed E-state index contributed by atoms with van der Waals surface area (Å²) >= 11 is 0. The molecule has 106 valence electrons. The van der Waals surface area contributed by atoms with Crippen molar-refractivity contribution in [2.24, 2.45) is 0 Å². The number of nitrogens with zero attached hydrogens (tertiary/aromatic N) is 1. The van der Waals surface area contributed by atoms with Gasteiger partial charge in [-0.2, -0.15) is 0 Å². The zero-order valence-corrected chi connectivity index (χ0v) is 12.4. The van der Waals surface area contributed by atoms with Gasteiger partial charge >= 0.3 is 0 Å². The minimum atomic E-state index is 0.400. The molecule has 1 aromatic rings. The normalized spacial score (nSPS) is 22.4. The van der Waals surface area contributed by atoms with Crippen molar-refractivity contribution in [2.75, 3.05) is 33.8 Å². The lowest BCUT2D eigenvalue weighted by atomic mass is 9.99. The Labute approximate surface area is 116 Å². The number of likely N-dealkylation sites (N-methyl/N-ethyl adjacent to an activating group) is 1. The molecular weight excluding hydrogens is 236 g/mol. The van der Waals surface area contributed by atoms with Crippen LogP contribution in [0.4, 0.5) is 0 Å². The highest BCUT2D eigenvalue weighted by Crippen LogP contribution is 2.21. The lowest BCUT2D eigenvalue weighted by Gasteiger charge is -2.34. The van der Waals surface area contributed by atoms with Crippen LogP contribution < -0.4 is 5.32 Å². The van der Waals surface area contributed by atoms with E-state index in [1.165, 1.54) is 30.5 Å². The molecule has 2 unspecified atom stereocenters. The van der Waals surface area contributed by atoms with Gasteiger partial charge in [0.2, 0.25) is 0 Å². The zero-order chi connectivity index (χ0) is 13.7. The van der Waals surface area contributed by atoms with Gasteiger partial charge in [-0.05, 0) is 44.5 Å². The molecule has 0 bridgehead atoms. The van der Waals surface area contributed by atoms with Crippen LogP contribution in [0, 0.1) is 6.92 Å². The summed E-state index contributed by atoms with van der Waals surface area (Å²) in [5.74, 6) is 0. The lowest BCUT2D eigenvalue weighted by molar-refractivity contribution is 0.0283. The first-order valence-electron chi connectivity index (χ1n) is 7.22. The Morgan fingerprint density at radius 3 is 2.89 bits per heavy atom. The number of hydrogen-bond donors (Lipinski definition) is 1. The van der Waals surface area contributed by atoms with Crippen molar-refractivity contribution in [1.82, 2.24) is 10.2 Å². The van der Waals surface area contributed by atoms with Crippen molar-refractivity contribution in [3.8, 4) is 0 Å². The highest BCUT2D eigenvalue weighted by atomic mass is 16.5. The maximum absolute atomic E-state index is 5.50. The molecule has 3 nitrogen and oxygen atoms in total. The van der Waals surface area contributed by atoms with E-state index < -0.39 is 0 Å². The number of hydrogen-bond acceptors (Lipinski definition) is 3. The summed E-state index contributed by atoms with van der Waals surface area (Å²) in [4.78, 5) is 2.52. The Morgan fingerprint density at radius 2 is 2.21 bits per heavy atom. The van der Waals surface area contributed by atoms with E-state index in [0.717, 1.165) is 13.1 Å². The van der Waals surface area contributed by atoms with Crippen LogP contribution in [0.3, 0.4) is 0 Å². The number of rotatable bonds is 5. The largest absolute Gasteiger partial charge is 0.380 e. The van der Waals surface area contributed by atoms with Crippen LogP contribution in [-0.4, -0.2) is 44.8 Å². The molecule has 1 heterocycles. The molecule has 0 radical (unpaired) electrons. The summed E-state index contributed by atoms with van der Waals surface area (Å²) < 4.78 is 5.50. The van der Waals surface area contributed by atoms with E-state index in [1.807, 2.05) is 7.11 Å². The molecule has 1 N–H and O–H groups in total. The third kappa shape index (κ3) is 3.78. The fraction of sp³-hybridized carbons (Fsp3) is 0.625. The van der Waals surface area contributed by atoms with Crippen LogP contribution in [0.2, 0.25) is 0 Å². The summed E-state index contributed by atoms with van der Waals surface area (Å²) in [7, 11) is 3.87. The van der Waals surface area contributed by atoms with Crippen molar-refractivity contribution in [3.63, 3.8) is 0 Å². The Bertz CT molecular complexity index is 394. The summed E-state index contributed by atoms with van der Waals surface area (Å²) in [6.45, 7) is 5.49. The van der Waals surface area contributed by atoms with E-state index in [2.05, 4.69) is 48.5 Å². The monoisotopic (exact) mass is 262 g/mol. The van der Waals surface area contributed by atoms with Gasteiger partial charge in [-0.15, -0.1) is 0 Å². The first kappa shape index (κ1) is 14.5.